The van der Waals surface area contributed by atoms with Gasteiger partial charge in [-0.3, -0.25) is 9.59 Å². The van der Waals surface area contributed by atoms with Gasteiger partial charge < -0.3 is 15.0 Å². The molecule has 6 nitrogen and oxygen atoms in total. The Morgan fingerprint density at radius 2 is 2.22 bits per heavy atom. The van der Waals surface area contributed by atoms with Gasteiger partial charge in [0, 0.05) is 23.5 Å². The number of thioether (sulfide) groups is 1. The average molecular weight is 383 g/mol. The third-order valence-corrected chi connectivity index (χ3v) is 6.28. The van der Waals surface area contributed by atoms with Gasteiger partial charge in [-0.05, 0) is 31.0 Å². The number of amides is 2. The van der Waals surface area contributed by atoms with E-state index >= 15 is 0 Å². The van der Waals surface area contributed by atoms with Gasteiger partial charge in [0.25, 0.3) is 5.91 Å². The van der Waals surface area contributed by atoms with E-state index in [2.05, 4.69) is 16.4 Å². The predicted octanol–water partition coefficient (Wildman–Crippen LogP) is 2.40. The molecule has 1 N–H and O–H groups in total. The van der Waals surface area contributed by atoms with Crippen molar-refractivity contribution in [3.63, 3.8) is 0 Å². The number of ether oxygens (including phenoxy) is 1. The number of pyridine rings is 1. The lowest BCUT2D eigenvalue weighted by Crippen LogP contribution is -2.32. The van der Waals surface area contributed by atoms with Crippen LogP contribution < -0.4 is 10.1 Å². The molecular weight excluding hydrogens is 362 g/mol. The lowest BCUT2D eigenvalue weighted by atomic mass is 10.1. The van der Waals surface area contributed by atoms with Crippen molar-refractivity contribution in [1.82, 2.24) is 15.2 Å². The maximum absolute atomic E-state index is 12.6. The van der Waals surface area contributed by atoms with Crippen LogP contribution in [0.1, 0.15) is 34.1 Å². The van der Waals surface area contributed by atoms with Gasteiger partial charge in [-0.15, -0.1) is 11.8 Å². The van der Waals surface area contributed by atoms with Crippen molar-refractivity contribution < 1.29 is 14.3 Å². The van der Waals surface area contributed by atoms with Crippen LogP contribution in [-0.4, -0.2) is 40.6 Å². The van der Waals surface area contributed by atoms with E-state index in [1.54, 1.807) is 29.8 Å². The molecule has 140 valence electrons. The third-order valence-electron chi connectivity index (χ3n) is 4.97. The largest absolute Gasteiger partial charge is 0.481 e. The standard InChI is InChI=1S/C20H21N3O3S/c1-3-23-11-15-14(20(23)25)8-13(19(22-15)26-2)10-21-18(24)17-9-12-6-4-5-7-16(12)27-17/h4-8,17H,3,9-11H2,1-2H3,(H,21,24)/t17-/m1/s1. The summed E-state index contributed by atoms with van der Waals surface area (Å²) in [5, 5.41) is 2.85. The fourth-order valence-electron chi connectivity index (χ4n) is 3.49. The molecular formula is C20H21N3O3S. The summed E-state index contributed by atoms with van der Waals surface area (Å²) in [4.78, 5) is 32.4. The molecule has 1 aromatic heterocycles. The van der Waals surface area contributed by atoms with Crippen LogP contribution in [0.3, 0.4) is 0 Å². The smallest absolute Gasteiger partial charge is 0.256 e. The van der Waals surface area contributed by atoms with E-state index in [0.717, 1.165) is 17.7 Å². The Hall–Kier alpha value is -2.54. The van der Waals surface area contributed by atoms with Gasteiger partial charge in [0.2, 0.25) is 11.8 Å². The molecule has 0 fully saturated rings. The summed E-state index contributed by atoms with van der Waals surface area (Å²) >= 11 is 1.59. The monoisotopic (exact) mass is 383 g/mol. The molecule has 7 heteroatoms. The summed E-state index contributed by atoms with van der Waals surface area (Å²) in [6.07, 6.45) is 0.732. The second-order valence-electron chi connectivity index (χ2n) is 6.61. The van der Waals surface area contributed by atoms with Crippen LogP contribution in [0, 0.1) is 0 Å². The number of rotatable bonds is 5. The Balaban J connectivity index is 1.47. The first-order valence-corrected chi connectivity index (χ1v) is 9.87. The van der Waals surface area contributed by atoms with E-state index in [9.17, 15) is 9.59 Å². The SMILES string of the molecule is CCN1Cc2nc(OC)c(CNC(=O)[C@H]3Cc4ccccc4S3)cc2C1=O. The number of carbonyl (C=O) groups excluding carboxylic acids is 2. The van der Waals surface area contributed by atoms with Crippen LogP contribution in [0.2, 0.25) is 0 Å². The average Bonchev–Trinajstić information content (AvgIpc) is 3.26. The van der Waals surface area contributed by atoms with E-state index in [1.807, 2.05) is 25.1 Å². The summed E-state index contributed by atoms with van der Waals surface area (Å²) in [6.45, 7) is 3.38. The van der Waals surface area contributed by atoms with Crippen molar-refractivity contribution >= 4 is 23.6 Å². The van der Waals surface area contributed by atoms with Gasteiger partial charge in [0.15, 0.2) is 0 Å². The van der Waals surface area contributed by atoms with Crippen LogP contribution in [0.15, 0.2) is 35.2 Å². The molecule has 2 aromatic rings. The van der Waals surface area contributed by atoms with Crippen molar-refractivity contribution in [1.29, 1.82) is 0 Å². The predicted molar refractivity (Wildman–Crippen MR) is 103 cm³/mol. The number of fused-ring (bicyclic) bond motifs is 2. The van der Waals surface area contributed by atoms with Gasteiger partial charge in [-0.2, -0.15) is 0 Å². The summed E-state index contributed by atoms with van der Waals surface area (Å²) in [5.41, 5.74) is 3.27. The fourth-order valence-corrected chi connectivity index (χ4v) is 4.71. The molecule has 27 heavy (non-hydrogen) atoms. The Kier molecular flexibility index (Phi) is 4.78. The molecule has 2 aliphatic rings. The second kappa shape index (κ2) is 7.23. The molecule has 2 aliphatic heterocycles. The van der Waals surface area contributed by atoms with Crippen molar-refractivity contribution in [3.8, 4) is 5.88 Å². The normalized spacial score (nSPS) is 17.6. The van der Waals surface area contributed by atoms with E-state index in [1.165, 1.54) is 10.5 Å². The highest BCUT2D eigenvalue weighted by Gasteiger charge is 2.30. The van der Waals surface area contributed by atoms with Gasteiger partial charge in [-0.25, -0.2) is 4.98 Å². The molecule has 1 aromatic carbocycles. The lowest BCUT2D eigenvalue weighted by molar-refractivity contribution is -0.120. The van der Waals surface area contributed by atoms with E-state index in [-0.39, 0.29) is 23.6 Å². The van der Waals surface area contributed by atoms with E-state index in [0.29, 0.717) is 24.5 Å². The Labute approximate surface area is 162 Å². The molecule has 0 spiro atoms. The first kappa shape index (κ1) is 17.9. The van der Waals surface area contributed by atoms with Gasteiger partial charge in [0.1, 0.15) is 0 Å². The molecule has 1 atom stereocenters. The lowest BCUT2D eigenvalue weighted by Gasteiger charge is -2.13. The summed E-state index contributed by atoms with van der Waals surface area (Å²) in [5.74, 6) is 0.430. The first-order chi connectivity index (χ1) is 13.1. The Morgan fingerprint density at radius 3 is 2.96 bits per heavy atom. The van der Waals surface area contributed by atoms with E-state index < -0.39 is 0 Å². The fraction of sp³-hybridized carbons (Fsp3) is 0.350. The number of aromatic nitrogens is 1. The summed E-state index contributed by atoms with van der Waals surface area (Å²) in [7, 11) is 1.55. The zero-order valence-corrected chi connectivity index (χ0v) is 16.1. The quantitative estimate of drug-likeness (QED) is 0.858. The first-order valence-electron chi connectivity index (χ1n) is 8.99. The molecule has 0 radical (unpaired) electrons. The van der Waals surface area contributed by atoms with Crippen LogP contribution in [0.5, 0.6) is 5.88 Å². The van der Waals surface area contributed by atoms with Crippen molar-refractivity contribution in [3.05, 3.63) is 52.7 Å². The molecule has 0 saturated carbocycles. The van der Waals surface area contributed by atoms with Crippen LogP contribution in [-0.2, 0) is 24.3 Å². The maximum Gasteiger partial charge on any atom is 0.256 e. The number of hydrogen-bond acceptors (Lipinski definition) is 5. The minimum Gasteiger partial charge on any atom is -0.481 e. The highest BCUT2D eigenvalue weighted by molar-refractivity contribution is 8.01. The van der Waals surface area contributed by atoms with Gasteiger partial charge >= 0.3 is 0 Å². The van der Waals surface area contributed by atoms with Crippen LogP contribution >= 0.6 is 11.8 Å². The van der Waals surface area contributed by atoms with Crippen molar-refractivity contribution in [2.45, 2.75) is 36.6 Å². The highest BCUT2D eigenvalue weighted by Crippen LogP contribution is 2.36. The number of carbonyl (C=O) groups is 2. The molecule has 0 bridgehead atoms. The molecule has 4 rings (SSSR count). The topological polar surface area (TPSA) is 71.5 Å². The zero-order chi connectivity index (χ0) is 19.0. The Bertz CT molecular complexity index is 890. The number of benzene rings is 1. The zero-order valence-electron chi connectivity index (χ0n) is 15.3. The van der Waals surface area contributed by atoms with Gasteiger partial charge in [-0.1, -0.05) is 18.2 Å². The molecule has 2 amide bonds. The number of hydrogen-bond donors (Lipinski definition) is 1. The minimum atomic E-state index is -0.131. The number of nitrogens with zero attached hydrogens (tertiary/aromatic N) is 2. The highest BCUT2D eigenvalue weighted by atomic mass is 32.2. The molecule has 3 heterocycles. The van der Waals surface area contributed by atoms with Crippen LogP contribution in [0.25, 0.3) is 0 Å². The maximum atomic E-state index is 12.6. The van der Waals surface area contributed by atoms with Crippen LogP contribution in [0.4, 0.5) is 0 Å². The van der Waals surface area contributed by atoms with Crippen molar-refractivity contribution in [2.24, 2.45) is 0 Å². The summed E-state index contributed by atoms with van der Waals surface area (Å²) < 4.78 is 5.39. The van der Waals surface area contributed by atoms with E-state index in [4.69, 9.17) is 4.74 Å². The molecule has 0 saturated heterocycles. The third kappa shape index (κ3) is 3.27. The number of nitrogens with one attached hydrogen (secondary N) is 1. The Morgan fingerprint density at radius 1 is 1.41 bits per heavy atom. The number of methoxy groups -OCH3 is 1. The second-order valence-corrected chi connectivity index (χ2v) is 7.85. The van der Waals surface area contributed by atoms with Gasteiger partial charge in [0.05, 0.1) is 30.2 Å². The minimum absolute atomic E-state index is 0.0136. The summed E-state index contributed by atoms with van der Waals surface area (Å²) in [6, 6.07) is 9.90. The molecule has 0 aliphatic carbocycles. The molecule has 0 unspecified atom stereocenters. The van der Waals surface area contributed by atoms with Crippen molar-refractivity contribution in [2.75, 3.05) is 13.7 Å².